The van der Waals surface area contributed by atoms with Gasteiger partial charge in [0.2, 0.25) is 0 Å². The van der Waals surface area contributed by atoms with Gasteiger partial charge < -0.3 is 19.7 Å². The summed E-state index contributed by atoms with van der Waals surface area (Å²) in [5.41, 5.74) is 0.508. The van der Waals surface area contributed by atoms with Gasteiger partial charge in [0, 0.05) is 17.2 Å². The van der Waals surface area contributed by atoms with Gasteiger partial charge >= 0.3 is 5.97 Å². The van der Waals surface area contributed by atoms with E-state index in [1.54, 1.807) is 30.3 Å². The number of rotatable bonds is 5. The van der Waals surface area contributed by atoms with Crippen LogP contribution in [0.4, 0.5) is 5.69 Å². The van der Waals surface area contributed by atoms with Crippen LogP contribution >= 0.6 is 0 Å². The third-order valence-electron chi connectivity index (χ3n) is 2.96. The Kier molecular flexibility index (Phi) is 4.68. The molecule has 2 aromatic rings. The Bertz CT molecular complexity index is 698. The first-order valence-electron chi connectivity index (χ1n) is 6.99. The van der Waals surface area contributed by atoms with Gasteiger partial charge in [-0.15, -0.1) is 0 Å². The molecule has 0 unspecified atom stereocenters. The number of anilines is 1. The van der Waals surface area contributed by atoms with E-state index in [4.69, 9.17) is 14.4 Å². The highest BCUT2D eigenvalue weighted by molar-refractivity contribution is 6.02. The number of hydrogen-bond acceptors (Lipinski definition) is 5. The maximum absolute atomic E-state index is 12.1. The molecule has 0 atom stereocenters. The van der Waals surface area contributed by atoms with Gasteiger partial charge in [0.15, 0.2) is 12.3 Å². The molecule has 0 bridgehead atoms. The lowest BCUT2D eigenvalue weighted by atomic mass is 9.93. The molecule has 0 radical (unpaired) electrons. The number of hydrogen-bond donors (Lipinski definition) is 2. The number of nitrogens with zero attached hydrogens (tertiary/aromatic N) is 1. The van der Waals surface area contributed by atoms with Crippen molar-refractivity contribution in [3.63, 3.8) is 0 Å². The summed E-state index contributed by atoms with van der Waals surface area (Å²) in [5.74, 6) is -0.409. The van der Waals surface area contributed by atoms with Crippen LogP contribution in [0.1, 0.15) is 37.0 Å². The van der Waals surface area contributed by atoms with Gasteiger partial charge in [0.1, 0.15) is 11.5 Å². The molecule has 0 aliphatic heterocycles. The Balaban J connectivity index is 2.00. The Morgan fingerprint density at radius 2 is 1.91 bits per heavy atom. The Morgan fingerprint density at radius 1 is 1.26 bits per heavy atom. The number of aromatic nitrogens is 1. The molecular weight excluding hydrogens is 300 g/mol. The topological polar surface area (TPSA) is 102 Å². The monoisotopic (exact) mass is 318 g/mol. The van der Waals surface area contributed by atoms with Crippen LogP contribution in [0, 0.1) is 0 Å². The number of carboxylic acid groups (broad SMARTS) is 1. The number of carbonyl (C=O) groups is 2. The van der Waals surface area contributed by atoms with E-state index in [1.165, 1.54) is 0 Å². The second kappa shape index (κ2) is 6.51. The Morgan fingerprint density at radius 3 is 2.43 bits per heavy atom. The summed E-state index contributed by atoms with van der Waals surface area (Å²) >= 11 is 0. The fraction of sp³-hybridized carbons (Fsp3) is 0.312. The summed E-state index contributed by atoms with van der Waals surface area (Å²) in [5, 5.41) is 15.0. The average molecular weight is 318 g/mol. The molecule has 1 aromatic carbocycles. The second-order valence-electron chi connectivity index (χ2n) is 5.99. The van der Waals surface area contributed by atoms with E-state index in [0.717, 1.165) is 0 Å². The minimum Gasteiger partial charge on any atom is -0.482 e. The van der Waals surface area contributed by atoms with Crippen molar-refractivity contribution in [2.45, 2.75) is 26.2 Å². The zero-order chi connectivity index (χ0) is 17.0. The van der Waals surface area contributed by atoms with Crippen LogP contribution < -0.4 is 10.1 Å². The van der Waals surface area contributed by atoms with Crippen molar-refractivity contribution in [1.29, 1.82) is 0 Å². The molecule has 1 heterocycles. The minimum atomic E-state index is -1.05. The van der Waals surface area contributed by atoms with Crippen LogP contribution in [0.2, 0.25) is 0 Å². The molecule has 7 nitrogen and oxygen atoms in total. The van der Waals surface area contributed by atoms with Crippen molar-refractivity contribution in [3.8, 4) is 5.75 Å². The third kappa shape index (κ3) is 4.57. The van der Waals surface area contributed by atoms with E-state index >= 15 is 0 Å². The third-order valence-corrected chi connectivity index (χ3v) is 2.96. The smallest absolute Gasteiger partial charge is 0.341 e. The lowest BCUT2D eigenvalue weighted by Gasteiger charge is -2.12. The van der Waals surface area contributed by atoms with Crippen molar-refractivity contribution in [2.24, 2.45) is 0 Å². The standard InChI is InChI=1S/C16H18N2O5/c1-16(2,3)13-8-12(18-23-13)15(21)17-10-4-6-11(7-5-10)22-9-14(19)20/h4-8H,9H2,1-3H3,(H,17,21)(H,19,20). The molecule has 2 N–H and O–H groups in total. The summed E-state index contributed by atoms with van der Waals surface area (Å²) in [6.45, 7) is 5.47. The Hall–Kier alpha value is -2.83. The van der Waals surface area contributed by atoms with Crippen molar-refractivity contribution >= 4 is 17.6 Å². The minimum absolute atomic E-state index is 0.195. The number of benzene rings is 1. The normalized spacial score (nSPS) is 11.1. The predicted molar refractivity (Wildman–Crippen MR) is 82.7 cm³/mol. The van der Waals surface area contributed by atoms with Gasteiger partial charge in [0.25, 0.3) is 5.91 Å². The van der Waals surface area contributed by atoms with Crippen molar-refractivity contribution < 1.29 is 24.0 Å². The van der Waals surface area contributed by atoms with Crippen LogP contribution in [0.3, 0.4) is 0 Å². The summed E-state index contributed by atoms with van der Waals surface area (Å²) < 4.78 is 10.2. The lowest BCUT2D eigenvalue weighted by molar-refractivity contribution is -0.139. The van der Waals surface area contributed by atoms with Gasteiger partial charge in [-0.3, -0.25) is 4.79 Å². The van der Waals surface area contributed by atoms with E-state index in [2.05, 4.69) is 10.5 Å². The average Bonchev–Trinajstić information content (AvgIpc) is 2.96. The summed E-state index contributed by atoms with van der Waals surface area (Å²) in [6.07, 6.45) is 0. The first-order chi connectivity index (χ1) is 10.8. The van der Waals surface area contributed by atoms with Crippen LogP contribution in [0.5, 0.6) is 5.75 Å². The number of nitrogens with one attached hydrogen (secondary N) is 1. The predicted octanol–water partition coefficient (Wildman–Crippen LogP) is 2.69. The lowest BCUT2D eigenvalue weighted by Crippen LogP contribution is -2.13. The second-order valence-corrected chi connectivity index (χ2v) is 5.99. The van der Waals surface area contributed by atoms with E-state index in [0.29, 0.717) is 17.2 Å². The first-order valence-corrected chi connectivity index (χ1v) is 6.99. The zero-order valence-corrected chi connectivity index (χ0v) is 13.1. The van der Waals surface area contributed by atoms with Crippen LogP contribution in [-0.4, -0.2) is 28.7 Å². The van der Waals surface area contributed by atoms with E-state index in [9.17, 15) is 9.59 Å². The molecule has 0 saturated heterocycles. The summed E-state index contributed by atoms with van der Waals surface area (Å²) in [6, 6.07) is 7.98. The molecule has 0 spiro atoms. The highest BCUT2D eigenvalue weighted by atomic mass is 16.5. The van der Waals surface area contributed by atoms with Gasteiger partial charge in [0.05, 0.1) is 0 Å². The SMILES string of the molecule is CC(C)(C)c1cc(C(=O)Nc2ccc(OCC(=O)O)cc2)no1. The van der Waals surface area contributed by atoms with E-state index < -0.39 is 12.6 Å². The highest BCUT2D eigenvalue weighted by Crippen LogP contribution is 2.23. The molecule has 1 amide bonds. The molecule has 7 heteroatoms. The number of carboxylic acids is 1. The fourth-order valence-electron chi connectivity index (χ4n) is 1.71. The maximum Gasteiger partial charge on any atom is 0.341 e. The quantitative estimate of drug-likeness (QED) is 0.879. The zero-order valence-electron chi connectivity index (χ0n) is 13.1. The number of amides is 1. The Labute approximate surface area is 133 Å². The van der Waals surface area contributed by atoms with Crippen molar-refractivity contribution in [1.82, 2.24) is 5.16 Å². The molecule has 0 fully saturated rings. The molecule has 0 saturated carbocycles. The molecule has 0 aliphatic rings. The number of carbonyl (C=O) groups excluding carboxylic acids is 1. The molecule has 0 aliphatic carbocycles. The highest BCUT2D eigenvalue weighted by Gasteiger charge is 2.22. The van der Waals surface area contributed by atoms with Crippen LogP contribution in [0.15, 0.2) is 34.9 Å². The summed E-state index contributed by atoms with van der Waals surface area (Å²) in [7, 11) is 0. The number of aliphatic carboxylic acids is 1. The van der Waals surface area contributed by atoms with E-state index in [-0.39, 0.29) is 17.0 Å². The maximum atomic E-state index is 12.1. The van der Waals surface area contributed by atoms with Crippen LogP contribution in [-0.2, 0) is 10.2 Å². The molecule has 2 rings (SSSR count). The van der Waals surface area contributed by atoms with Crippen molar-refractivity contribution in [3.05, 3.63) is 41.8 Å². The molecule has 122 valence electrons. The molecular formula is C16H18N2O5. The summed E-state index contributed by atoms with van der Waals surface area (Å²) in [4.78, 5) is 22.5. The van der Waals surface area contributed by atoms with Crippen molar-refractivity contribution in [2.75, 3.05) is 11.9 Å². The molecule has 1 aromatic heterocycles. The van der Waals surface area contributed by atoms with Gasteiger partial charge in [-0.05, 0) is 24.3 Å². The van der Waals surface area contributed by atoms with Gasteiger partial charge in [-0.1, -0.05) is 25.9 Å². The van der Waals surface area contributed by atoms with Crippen LogP contribution in [0.25, 0.3) is 0 Å². The van der Waals surface area contributed by atoms with Gasteiger partial charge in [-0.25, -0.2) is 4.79 Å². The number of ether oxygens (including phenoxy) is 1. The molecule has 23 heavy (non-hydrogen) atoms. The van der Waals surface area contributed by atoms with Gasteiger partial charge in [-0.2, -0.15) is 0 Å². The first kappa shape index (κ1) is 16.5. The largest absolute Gasteiger partial charge is 0.482 e. The fourth-order valence-corrected chi connectivity index (χ4v) is 1.71. The van der Waals surface area contributed by atoms with E-state index in [1.807, 2.05) is 20.8 Å².